The second-order valence-electron chi connectivity index (χ2n) is 7.80. The van der Waals surface area contributed by atoms with E-state index in [-0.39, 0.29) is 30.7 Å². The number of carbonyl (C=O) groups is 3. The fourth-order valence-corrected chi connectivity index (χ4v) is 1.59. The zero-order valence-electron chi connectivity index (χ0n) is 19.3. The molecule has 9 heteroatoms. The SMILES string of the molecule is CC(C)C.CC(C)C[C@H](CC(=O)NO)C(=O)NCC(=O)N(C)C.CSN(C)C. The van der Waals surface area contributed by atoms with Crippen molar-refractivity contribution in [1.29, 1.82) is 0 Å². The van der Waals surface area contributed by atoms with Crippen LogP contribution in [0.15, 0.2) is 0 Å². The summed E-state index contributed by atoms with van der Waals surface area (Å²) >= 11 is 1.71. The summed E-state index contributed by atoms with van der Waals surface area (Å²) in [5, 5.41) is 11.0. The minimum Gasteiger partial charge on any atom is -0.347 e. The van der Waals surface area contributed by atoms with E-state index in [4.69, 9.17) is 5.21 Å². The van der Waals surface area contributed by atoms with Crippen molar-refractivity contribution in [2.24, 2.45) is 17.8 Å². The van der Waals surface area contributed by atoms with Gasteiger partial charge in [0.1, 0.15) is 0 Å². The molecule has 0 fully saturated rings. The van der Waals surface area contributed by atoms with Gasteiger partial charge in [-0.2, -0.15) is 0 Å². The zero-order chi connectivity index (χ0) is 22.9. The van der Waals surface area contributed by atoms with Crippen LogP contribution in [0.1, 0.15) is 47.5 Å². The van der Waals surface area contributed by atoms with Gasteiger partial charge in [-0.25, -0.2) is 5.48 Å². The fraction of sp³-hybridized carbons (Fsp3) is 0.842. The lowest BCUT2D eigenvalue weighted by Gasteiger charge is -2.18. The fourth-order valence-electron chi connectivity index (χ4n) is 1.59. The van der Waals surface area contributed by atoms with Crippen LogP contribution < -0.4 is 10.8 Å². The first kappa shape index (κ1) is 31.4. The standard InChI is InChI=1S/C12H23N3O4.C4H10.C3H9NS/c1-8(2)5-9(6-10(16)14-19)12(18)13-7-11(17)15(3)4;1-4(2)3;1-4(2)5-3/h8-9,19H,5-7H2,1-4H3,(H,13,18)(H,14,16);4H,1-3H3;1-3H3/t9-;;/m1../s1. The van der Waals surface area contributed by atoms with Crippen LogP contribution in [0.5, 0.6) is 0 Å². The molecule has 0 saturated heterocycles. The van der Waals surface area contributed by atoms with E-state index in [9.17, 15) is 14.4 Å². The molecule has 0 spiro atoms. The van der Waals surface area contributed by atoms with E-state index in [0.29, 0.717) is 6.42 Å². The van der Waals surface area contributed by atoms with Crippen LogP contribution in [0.3, 0.4) is 0 Å². The molecule has 0 saturated carbocycles. The Bertz CT molecular complexity index is 427. The monoisotopic (exact) mass is 422 g/mol. The van der Waals surface area contributed by atoms with E-state index in [1.165, 1.54) is 10.4 Å². The summed E-state index contributed by atoms with van der Waals surface area (Å²) in [4.78, 5) is 35.8. The summed E-state index contributed by atoms with van der Waals surface area (Å²) in [5.41, 5.74) is 1.51. The molecule has 3 N–H and O–H groups in total. The first-order valence-electron chi connectivity index (χ1n) is 9.40. The number of nitrogens with one attached hydrogen (secondary N) is 2. The molecule has 0 aliphatic carbocycles. The minimum absolute atomic E-state index is 0.0961. The quantitative estimate of drug-likeness (QED) is 0.315. The molecule has 3 amide bonds. The Morgan fingerprint density at radius 1 is 1.00 bits per heavy atom. The van der Waals surface area contributed by atoms with Crippen LogP contribution in [0.2, 0.25) is 0 Å². The van der Waals surface area contributed by atoms with Crippen molar-refractivity contribution in [3.05, 3.63) is 0 Å². The topological polar surface area (TPSA) is 102 Å². The summed E-state index contributed by atoms with van der Waals surface area (Å²) in [5.74, 6) is -0.676. The van der Waals surface area contributed by atoms with Crippen LogP contribution in [-0.4, -0.2) is 73.1 Å². The van der Waals surface area contributed by atoms with Crippen LogP contribution >= 0.6 is 11.9 Å². The van der Waals surface area contributed by atoms with Crippen molar-refractivity contribution >= 4 is 29.7 Å². The molecule has 0 radical (unpaired) electrons. The number of hydrogen-bond donors (Lipinski definition) is 3. The molecule has 0 rings (SSSR count). The van der Waals surface area contributed by atoms with Gasteiger partial charge in [0.05, 0.1) is 6.54 Å². The van der Waals surface area contributed by atoms with Gasteiger partial charge in [0.2, 0.25) is 17.7 Å². The smallest absolute Gasteiger partial charge is 0.244 e. The molecule has 0 unspecified atom stereocenters. The summed E-state index contributed by atoms with van der Waals surface area (Å²) in [6, 6.07) is 0. The molecule has 0 bridgehead atoms. The van der Waals surface area contributed by atoms with Crippen LogP contribution in [-0.2, 0) is 14.4 Å². The van der Waals surface area contributed by atoms with Crippen molar-refractivity contribution in [3.8, 4) is 0 Å². The maximum Gasteiger partial charge on any atom is 0.244 e. The Balaban J connectivity index is -0.000000575. The van der Waals surface area contributed by atoms with Gasteiger partial charge < -0.3 is 10.2 Å². The Morgan fingerprint density at radius 3 is 1.71 bits per heavy atom. The molecule has 28 heavy (non-hydrogen) atoms. The van der Waals surface area contributed by atoms with Crippen molar-refractivity contribution in [2.75, 3.05) is 41.0 Å². The van der Waals surface area contributed by atoms with Gasteiger partial charge in [0.25, 0.3) is 0 Å². The molecule has 0 heterocycles. The molecule has 0 aromatic heterocycles. The van der Waals surface area contributed by atoms with E-state index in [0.717, 1.165) is 5.92 Å². The third kappa shape index (κ3) is 24.7. The molecule has 8 nitrogen and oxygen atoms in total. The van der Waals surface area contributed by atoms with Crippen LogP contribution in [0.4, 0.5) is 0 Å². The summed E-state index contributed by atoms with van der Waals surface area (Å²) in [6.07, 6.45) is 2.45. The van der Waals surface area contributed by atoms with E-state index in [2.05, 4.69) is 26.1 Å². The lowest BCUT2D eigenvalue weighted by atomic mass is 9.93. The molecule has 0 aliphatic rings. The highest BCUT2D eigenvalue weighted by atomic mass is 32.2. The van der Waals surface area contributed by atoms with Crippen LogP contribution in [0, 0.1) is 17.8 Å². The highest BCUT2D eigenvalue weighted by molar-refractivity contribution is 7.96. The Hall–Kier alpha value is -1.32. The van der Waals surface area contributed by atoms with Gasteiger partial charge in [-0.15, -0.1) is 0 Å². The maximum atomic E-state index is 11.9. The normalized spacial score (nSPS) is 11.1. The number of amides is 3. The van der Waals surface area contributed by atoms with Gasteiger partial charge in [0, 0.05) is 26.4 Å². The first-order valence-corrected chi connectivity index (χ1v) is 10.6. The predicted octanol–water partition coefficient (Wildman–Crippen LogP) is 2.24. The Kier molecular flexibility index (Phi) is 21.3. The molecule has 168 valence electrons. The van der Waals surface area contributed by atoms with Crippen molar-refractivity contribution in [2.45, 2.75) is 47.5 Å². The molecule has 0 aromatic rings. The lowest BCUT2D eigenvalue weighted by Crippen LogP contribution is -2.40. The number of hydroxylamine groups is 1. The van der Waals surface area contributed by atoms with Crippen molar-refractivity contribution < 1.29 is 19.6 Å². The Morgan fingerprint density at radius 2 is 1.43 bits per heavy atom. The van der Waals surface area contributed by atoms with Gasteiger partial charge in [-0.1, -0.05) is 46.6 Å². The molecule has 0 aromatic carbocycles. The Labute approximate surface area is 175 Å². The molecular weight excluding hydrogens is 380 g/mol. The van der Waals surface area contributed by atoms with Crippen LogP contribution in [0.25, 0.3) is 0 Å². The second kappa shape index (κ2) is 19.0. The van der Waals surface area contributed by atoms with Gasteiger partial charge >= 0.3 is 0 Å². The van der Waals surface area contributed by atoms with Crippen molar-refractivity contribution in [3.63, 3.8) is 0 Å². The largest absolute Gasteiger partial charge is 0.347 e. The number of hydrogen-bond acceptors (Lipinski definition) is 6. The van der Waals surface area contributed by atoms with E-state index < -0.39 is 11.8 Å². The lowest BCUT2D eigenvalue weighted by molar-refractivity contribution is -0.136. The zero-order valence-corrected chi connectivity index (χ0v) is 20.1. The number of nitrogens with zero attached hydrogens (tertiary/aromatic N) is 2. The highest BCUT2D eigenvalue weighted by Gasteiger charge is 2.23. The first-order chi connectivity index (χ1) is 12.8. The minimum atomic E-state index is -0.611. The highest BCUT2D eigenvalue weighted by Crippen LogP contribution is 2.15. The average Bonchev–Trinajstić information content (AvgIpc) is 2.57. The molecular formula is C19H42N4O4S. The second-order valence-corrected chi connectivity index (χ2v) is 8.89. The number of carbonyl (C=O) groups excluding carboxylic acids is 3. The summed E-state index contributed by atoms with van der Waals surface area (Å²) < 4.78 is 2.04. The van der Waals surface area contributed by atoms with E-state index >= 15 is 0 Å². The van der Waals surface area contributed by atoms with E-state index in [1.807, 2.05) is 38.5 Å². The van der Waals surface area contributed by atoms with E-state index in [1.54, 1.807) is 26.0 Å². The third-order valence-corrected chi connectivity index (χ3v) is 3.69. The average molecular weight is 423 g/mol. The molecule has 0 aliphatic heterocycles. The van der Waals surface area contributed by atoms with Gasteiger partial charge in [0.15, 0.2) is 0 Å². The third-order valence-electron chi connectivity index (χ3n) is 2.96. The van der Waals surface area contributed by atoms with Gasteiger partial charge in [-0.05, 0) is 38.6 Å². The summed E-state index contributed by atoms with van der Waals surface area (Å²) in [7, 11) is 7.23. The predicted molar refractivity (Wildman–Crippen MR) is 117 cm³/mol. The molecule has 1 atom stereocenters. The van der Waals surface area contributed by atoms with Crippen molar-refractivity contribution in [1.82, 2.24) is 20.0 Å². The van der Waals surface area contributed by atoms with Gasteiger partial charge in [-0.3, -0.25) is 23.9 Å². The number of rotatable bonds is 8. The summed E-state index contributed by atoms with van der Waals surface area (Å²) in [6.45, 7) is 10.3. The maximum absolute atomic E-state index is 11.9. The number of likely N-dealkylation sites (N-methyl/N-ethyl adjacent to an activating group) is 1.